The van der Waals surface area contributed by atoms with Gasteiger partial charge in [-0.15, -0.1) is 0 Å². The first-order chi connectivity index (χ1) is 6.59. The standard InChI is InChI=1S/C9H11FN2O2/c1-12(11)9(13)6-14-8-4-2-3-7(10)5-8/h2-5H,6,11H2,1H3. The van der Waals surface area contributed by atoms with E-state index in [4.69, 9.17) is 10.6 Å². The molecule has 0 aromatic heterocycles. The number of likely N-dealkylation sites (N-methyl/N-ethyl adjacent to an activating group) is 1. The predicted molar refractivity (Wildman–Crippen MR) is 48.9 cm³/mol. The number of hydrazine groups is 1. The molecule has 0 unspecified atom stereocenters. The monoisotopic (exact) mass is 198 g/mol. The maximum atomic E-state index is 12.7. The maximum Gasteiger partial charge on any atom is 0.274 e. The average molecular weight is 198 g/mol. The van der Waals surface area contributed by atoms with Crippen LogP contribution in [0.5, 0.6) is 5.75 Å². The van der Waals surface area contributed by atoms with E-state index in [1.54, 1.807) is 6.07 Å². The molecule has 0 aliphatic heterocycles. The summed E-state index contributed by atoms with van der Waals surface area (Å²) in [5.74, 6) is 4.68. The van der Waals surface area contributed by atoms with Crippen LogP contribution in [0.15, 0.2) is 24.3 Å². The Bertz CT molecular complexity index is 328. The summed E-state index contributed by atoms with van der Waals surface area (Å²) in [5.41, 5.74) is 0. The number of carbonyl (C=O) groups excluding carboxylic acids is 1. The molecule has 2 N–H and O–H groups in total. The summed E-state index contributed by atoms with van der Waals surface area (Å²) in [6.45, 7) is -0.198. The van der Waals surface area contributed by atoms with Crippen LogP contribution in [0.25, 0.3) is 0 Å². The minimum atomic E-state index is -0.406. The molecule has 0 saturated carbocycles. The molecule has 1 aromatic carbocycles. The van der Waals surface area contributed by atoms with Crippen molar-refractivity contribution in [2.75, 3.05) is 13.7 Å². The molecule has 1 rings (SSSR count). The number of benzene rings is 1. The van der Waals surface area contributed by atoms with Crippen molar-refractivity contribution in [3.05, 3.63) is 30.1 Å². The van der Waals surface area contributed by atoms with Crippen molar-refractivity contribution in [3.8, 4) is 5.75 Å². The Labute approximate surface area is 81.0 Å². The van der Waals surface area contributed by atoms with Crippen molar-refractivity contribution in [2.24, 2.45) is 5.84 Å². The Morgan fingerprint density at radius 1 is 1.64 bits per heavy atom. The minimum Gasteiger partial charge on any atom is -0.484 e. The molecular formula is C9H11FN2O2. The van der Waals surface area contributed by atoms with Gasteiger partial charge in [0.2, 0.25) is 0 Å². The van der Waals surface area contributed by atoms with E-state index >= 15 is 0 Å². The Balaban J connectivity index is 2.50. The Hall–Kier alpha value is -1.62. The van der Waals surface area contributed by atoms with Gasteiger partial charge in [-0.25, -0.2) is 10.2 Å². The summed E-state index contributed by atoms with van der Waals surface area (Å²) in [7, 11) is 1.41. The first-order valence-corrected chi connectivity index (χ1v) is 3.99. The number of hydrogen-bond acceptors (Lipinski definition) is 3. The van der Waals surface area contributed by atoms with E-state index in [-0.39, 0.29) is 12.5 Å². The molecule has 0 heterocycles. The number of carbonyl (C=O) groups is 1. The summed E-state index contributed by atoms with van der Waals surface area (Å²) >= 11 is 0. The van der Waals surface area contributed by atoms with Crippen LogP contribution >= 0.6 is 0 Å². The molecule has 76 valence electrons. The van der Waals surface area contributed by atoms with Crippen molar-refractivity contribution >= 4 is 5.91 Å². The second-order valence-electron chi connectivity index (χ2n) is 2.75. The molecule has 1 aromatic rings. The number of nitrogens with two attached hydrogens (primary N) is 1. The zero-order chi connectivity index (χ0) is 10.6. The van der Waals surface area contributed by atoms with E-state index in [9.17, 15) is 9.18 Å². The van der Waals surface area contributed by atoms with E-state index in [1.807, 2.05) is 0 Å². The zero-order valence-electron chi connectivity index (χ0n) is 7.74. The lowest BCUT2D eigenvalue weighted by Gasteiger charge is -2.10. The molecule has 5 heteroatoms. The highest BCUT2D eigenvalue weighted by atomic mass is 19.1. The van der Waals surface area contributed by atoms with Crippen molar-refractivity contribution in [1.29, 1.82) is 0 Å². The van der Waals surface area contributed by atoms with E-state index in [2.05, 4.69) is 0 Å². The molecule has 0 saturated heterocycles. The topological polar surface area (TPSA) is 55.6 Å². The van der Waals surface area contributed by atoms with Crippen LogP contribution in [-0.2, 0) is 4.79 Å². The first kappa shape index (κ1) is 10.5. The highest BCUT2D eigenvalue weighted by Crippen LogP contribution is 2.11. The molecule has 0 aliphatic carbocycles. The van der Waals surface area contributed by atoms with Gasteiger partial charge >= 0.3 is 0 Å². The maximum absolute atomic E-state index is 12.7. The van der Waals surface area contributed by atoms with Crippen molar-refractivity contribution in [1.82, 2.24) is 5.01 Å². The minimum absolute atomic E-state index is 0.198. The van der Waals surface area contributed by atoms with Crippen LogP contribution in [-0.4, -0.2) is 24.6 Å². The number of amides is 1. The summed E-state index contributed by atoms with van der Waals surface area (Å²) in [6, 6.07) is 5.56. The van der Waals surface area contributed by atoms with Crippen LogP contribution in [0.1, 0.15) is 0 Å². The number of halogens is 1. The van der Waals surface area contributed by atoms with Gasteiger partial charge in [0.05, 0.1) is 0 Å². The van der Waals surface area contributed by atoms with E-state index < -0.39 is 5.82 Å². The lowest BCUT2D eigenvalue weighted by atomic mass is 10.3. The largest absolute Gasteiger partial charge is 0.484 e. The normalized spacial score (nSPS) is 9.64. The fourth-order valence-corrected chi connectivity index (χ4v) is 0.804. The second-order valence-corrected chi connectivity index (χ2v) is 2.75. The predicted octanol–water partition coefficient (Wildman–Crippen LogP) is 0.537. The van der Waals surface area contributed by atoms with Gasteiger partial charge in [-0.1, -0.05) is 6.07 Å². The molecular weight excluding hydrogens is 187 g/mol. The lowest BCUT2D eigenvalue weighted by Crippen LogP contribution is -2.36. The van der Waals surface area contributed by atoms with Crippen molar-refractivity contribution in [3.63, 3.8) is 0 Å². The Kier molecular flexibility index (Phi) is 3.41. The first-order valence-electron chi connectivity index (χ1n) is 3.99. The third-order valence-corrected chi connectivity index (χ3v) is 1.55. The van der Waals surface area contributed by atoms with Gasteiger partial charge in [0.25, 0.3) is 5.91 Å². The molecule has 0 atom stereocenters. The van der Waals surface area contributed by atoms with Gasteiger partial charge < -0.3 is 4.74 Å². The highest BCUT2D eigenvalue weighted by Gasteiger charge is 2.05. The number of nitrogens with zero attached hydrogens (tertiary/aromatic N) is 1. The van der Waals surface area contributed by atoms with Crippen LogP contribution in [0.2, 0.25) is 0 Å². The summed E-state index contributed by atoms with van der Waals surface area (Å²) in [5, 5.41) is 0.916. The fraction of sp³-hybridized carbons (Fsp3) is 0.222. The van der Waals surface area contributed by atoms with Gasteiger partial charge in [-0.2, -0.15) is 0 Å². The summed E-state index contributed by atoms with van der Waals surface area (Å²) < 4.78 is 17.6. The zero-order valence-corrected chi connectivity index (χ0v) is 7.74. The Morgan fingerprint density at radius 3 is 2.93 bits per heavy atom. The molecule has 4 nitrogen and oxygen atoms in total. The molecule has 14 heavy (non-hydrogen) atoms. The van der Waals surface area contributed by atoms with Gasteiger partial charge in [-0.05, 0) is 12.1 Å². The van der Waals surface area contributed by atoms with Crippen molar-refractivity contribution in [2.45, 2.75) is 0 Å². The van der Waals surface area contributed by atoms with Gasteiger partial charge in [0, 0.05) is 13.1 Å². The molecule has 0 aliphatic rings. The SMILES string of the molecule is CN(N)C(=O)COc1cccc(F)c1. The molecule has 0 spiro atoms. The van der Waals surface area contributed by atoms with Gasteiger partial charge in [-0.3, -0.25) is 9.80 Å². The third-order valence-electron chi connectivity index (χ3n) is 1.55. The van der Waals surface area contributed by atoms with E-state index in [0.29, 0.717) is 5.75 Å². The Morgan fingerprint density at radius 2 is 2.36 bits per heavy atom. The molecule has 0 fully saturated rings. The lowest BCUT2D eigenvalue weighted by molar-refractivity contribution is -0.132. The van der Waals surface area contributed by atoms with Crippen LogP contribution in [0, 0.1) is 5.82 Å². The van der Waals surface area contributed by atoms with E-state index in [1.165, 1.54) is 25.2 Å². The van der Waals surface area contributed by atoms with Crippen LogP contribution < -0.4 is 10.6 Å². The van der Waals surface area contributed by atoms with Crippen molar-refractivity contribution < 1.29 is 13.9 Å². The summed E-state index contributed by atoms with van der Waals surface area (Å²) in [6.07, 6.45) is 0. The number of ether oxygens (including phenoxy) is 1. The van der Waals surface area contributed by atoms with Crippen LogP contribution in [0.4, 0.5) is 4.39 Å². The van der Waals surface area contributed by atoms with Crippen LogP contribution in [0.3, 0.4) is 0 Å². The molecule has 0 radical (unpaired) electrons. The van der Waals surface area contributed by atoms with Gasteiger partial charge in [0.15, 0.2) is 6.61 Å². The molecule has 1 amide bonds. The second kappa shape index (κ2) is 4.57. The molecule has 0 bridgehead atoms. The number of hydrogen-bond donors (Lipinski definition) is 1. The smallest absolute Gasteiger partial charge is 0.274 e. The quantitative estimate of drug-likeness (QED) is 0.438. The fourth-order valence-electron chi connectivity index (χ4n) is 0.804. The third kappa shape index (κ3) is 3.02. The highest BCUT2D eigenvalue weighted by molar-refractivity contribution is 5.76. The average Bonchev–Trinajstić information content (AvgIpc) is 2.14. The van der Waals surface area contributed by atoms with Gasteiger partial charge in [0.1, 0.15) is 11.6 Å². The van der Waals surface area contributed by atoms with E-state index in [0.717, 1.165) is 5.01 Å². The summed E-state index contributed by atoms with van der Waals surface area (Å²) in [4.78, 5) is 11.0. The number of rotatable bonds is 3.